The molecule has 2 fully saturated rings. The number of hydrogen-bond donors (Lipinski definition) is 1. The number of nitrogens with zero attached hydrogens (tertiary/aromatic N) is 1. The van der Waals surface area contributed by atoms with Crippen molar-refractivity contribution in [2.45, 2.75) is 19.8 Å². The number of rotatable bonds is 2. The van der Waals surface area contributed by atoms with E-state index in [1.165, 1.54) is 57.1 Å². The number of piperidine rings is 1. The molecule has 2 rings (SSSR count). The standard InChI is InChI=1S/C11H22N2S/c1-11(3-2-4-12-9-11)10-13-5-7-14-8-6-13/h12H,2-10H2,1H3. The molecule has 1 atom stereocenters. The van der Waals surface area contributed by atoms with Crippen molar-refractivity contribution in [2.75, 3.05) is 44.2 Å². The summed E-state index contributed by atoms with van der Waals surface area (Å²) >= 11 is 2.10. The molecule has 0 amide bonds. The first kappa shape index (κ1) is 10.8. The number of nitrogens with one attached hydrogen (secondary N) is 1. The number of thioether (sulfide) groups is 1. The van der Waals surface area contributed by atoms with E-state index in [0.717, 1.165) is 0 Å². The summed E-state index contributed by atoms with van der Waals surface area (Å²) in [7, 11) is 0. The fourth-order valence-corrected chi connectivity index (χ4v) is 3.53. The topological polar surface area (TPSA) is 15.3 Å². The smallest absolute Gasteiger partial charge is 0.00729 e. The largest absolute Gasteiger partial charge is 0.316 e. The van der Waals surface area contributed by atoms with E-state index in [1.54, 1.807) is 0 Å². The Morgan fingerprint density at radius 2 is 2.14 bits per heavy atom. The van der Waals surface area contributed by atoms with Gasteiger partial charge in [0.15, 0.2) is 0 Å². The molecule has 0 spiro atoms. The van der Waals surface area contributed by atoms with Gasteiger partial charge in [0, 0.05) is 37.7 Å². The van der Waals surface area contributed by atoms with Crippen molar-refractivity contribution in [2.24, 2.45) is 5.41 Å². The summed E-state index contributed by atoms with van der Waals surface area (Å²) in [5.74, 6) is 2.67. The molecule has 82 valence electrons. The van der Waals surface area contributed by atoms with Gasteiger partial charge < -0.3 is 10.2 Å². The van der Waals surface area contributed by atoms with Crippen LogP contribution in [0.15, 0.2) is 0 Å². The first-order valence-corrected chi connectivity index (χ1v) is 6.95. The zero-order chi connectivity index (χ0) is 9.86. The molecule has 2 aliphatic heterocycles. The van der Waals surface area contributed by atoms with Crippen LogP contribution in [0.25, 0.3) is 0 Å². The van der Waals surface area contributed by atoms with Crippen LogP contribution >= 0.6 is 11.8 Å². The highest BCUT2D eigenvalue weighted by atomic mass is 32.2. The lowest BCUT2D eigenvalue weighted by Crippen LogP contribution is -2.47. The molecule has 0 aliphatic carbocycles. The summed E-state index contributed by atoms with van der Waals surface area (Å²) in [5, 5.41) is 3.53. The molecule has 2 nitrogen and oxygen atoms in total. The van der Waals surface area contributed by atoms with Crippen LogP contribution in [-0.4, -0.2) is 49.1 Å². The molecule has 1 unspecified atom stereocenters. The van der Waals surface area contributed by atoms with Crippen LogP contribution in [0.1, 0.15) is 19.8 Å². The summed E-state index contributed by atoms with van der Waals surface area (Å²) in [6, 6.07) is 0. The molecule has 2 aliphatic rings. The molecule has 14 heavy (non-hydrogen) atoms. The average molecular weight is 214 g/mol. The Morgan fingerprint density at radius 3 is 2.79 bits per heavy atom. The summed E-state index contributed by atoms with van der Waals surface area (Å²) in [6.07, 6.45) is 2.77. The van der Waals surface area contributed by atoms with E-state index in [-0.39, 0.29) is 0 Å². The van der Waals surface area contributed by atoms with Crippen LogP contribution < -0.4 is 5.32 Å². The highest BCUT2D eigenvalue weighted by Gasteiger charge is 2.29. The summed E-state index contributed by atoms with van der Waals surface area (Å²) in [5.41, 5.74) is 0.542. The second-order valence-electron chi connectivity index (χ2n) is 4.98. The van der Waals surface area contributed by atoms with Crippen LogP contribution in [0.4, 0.5) is 0 Å². The van der Waals surface area contributed by atoms with Crippen molar-refractivity contribution in [3.05, 3.63) is 0 Å². The quantitative estimate of drug-likeness (QED) is 0.748. The third-order valence-electron chi connectivity index (χ3n) is 3.39. The lowest BCUT2D eigenvalue weighted by Gasteiger charge is -2.39. The molecule has 0 aromatic carbocycles. The third kappa shape index (κ3) is 2.88. The van der Waals surface area contributed by atoms with E-state index in [9.17, 15) is 0 Å². The maximum atomic E-state index is 3.53. The second kappa shape index (κ2) is 4.86. The summed E-state index contributed by atoms with van der Waals surface area (Å²) < 4.78 is 0. The minimum atomic E-state index is 0.542. The maximum Gasteiger partial charge on any atom is 0.00729 e. The third-order valence-corrected chi connectivity index (χ3v) is 4.34. The zero-order valence-corrected chi connectivity index (χ0v) is 10.0. The van der Waals surface area contributed by atoms with Crippen LogP contribution in [0.2, 0.25) is 0 Å². The normalized spacial score (nSPS) is 35.8. The van der Waals surface area contributed by atoms with Crippen LogP contribution in [0.3, 0.4) is 0 Å². The van der Waals surface area contributed by atoms with Crippen molar-refractivity contribution in [3.8, 4) is 0 Å². The Bertz CT molecular complexity index is 172. The fourth-order valence-electron chi connectivity index (χ4n) is 2.55. The number of hydrogen-bond acceptors (Lipinski definition) is 3. The van der Waals surface area contributed by atoms with Gasteiger partial charge in [0.1, 0.15) is 0 Å². The minimum Gasteiger partial charge on any atom is -0.316 e. The van der Waals surface area contributed by atoms with E-state index < -0.39 is 0 Å². The minimum absolute atomic E-state index is 0.542. The van der Waals surface area contributed by atoms with Crippen molar-refractivity contribution < 1.29 is 0 Å². The molecule has 1 N–H and O–H groups in total. The van der Waals surface area contributed by atoms with Crippen molar-refractivity contribution in [1.29, 1.82) is 0 Å². The maximum absolute atomic E-state index is 3.53. The predicted octanol–water partition coefficient (Wildman–Crippen LogP) is 1.42. The molecule has 0 aromatic heterocycles. The highest BCUT2D eigenvalue weighted by Crippen LogP contribution is 2.27. The second-order valence-corrected chi connectivity index (χ2v) is 6.20. The molecular weight excluding hydrogens is 192 g/mol. The Hall–Kier alpha value is 0.270. The van der Waals surface area contributed by atoms with Gasteiger partial charge >= 0.3 is 0 Å². The Balaban J connectivity index is 1.81. The Kier molecular flexibility index (Phi) is 3.74. The molecule has 0 radical (unpaired) electrons. The first-order valence-electron chi connectivity index (χ1n) is 5.79. The van der Waals surface area contributed by atoms with Crippen molar-refractivity contribution in [3.63, 3.8) is 0 Å². The van der Waals surface area contributed by atoms with E-state index in [0.29, 0.717) is 5.41 Å². The van der Waals surface area contributed by atoms with Gasteiger partial charge in [-0.05, 0) is 24.8 Å². The van der Waals surface area contributed by atoms with E-state index in [2.05, 4.69) is 28.9 Å². The van der Waals surface area contributed by atoms with Crippen molar-refractivity contribution in [1.82, 2.24) is 10.2 Å². The fraction of sp³-hybridized carbons (Fsp3) is 1.00. The zero-order valence-electron chi connectivity index (χ0n) is 9.22. The van der Waals surface area contributed by atoms with E-state index >= 15 is 0 Å². The van der Waals surface area contributed by atoms with E-state index in [1.807, 2.05) is 0 Å². The summed E-state index contributed by atoms with van der Waals surface area (Å²) in [6.45, 7) is 8.81. The van der Waals surface area contributed by atoms with E-state index in [4.69, 9.17) is 0 Å². The molecule has 3 heteroatoms. The molecule has 2 heterocycles. The van der Waals surface area contributed by atoms with Gasteiger partial charge in [-0.15, -0.1) is 0 Å². The molecule has 0 aromatic rings. The first-order chi connectivity index (χ1) is 6.79. The summed E-state index contributed by atoms with van der Waals surface area (Å²) in [4.78, 5) is 2.66. The van der Waals surface area contributed by atoms with Gasteiger partial charge in [0.2, 0.25) is 0 Å². The molecular formula is C11H22N2S. The van der Waals surface area contributed by atoms with Gasteiger partial charge in [-0.1, -0.05) is 6.92 Å². The Morgan fingerprint density at radius 1 is 1.36 bits per heavy atom. The molecule has 0 saturated carbocycles. The molecule has 0 bridgehead atoms. The Labute approximate surface area is 91.8 Å². The average Bonchev–Trinajstić information content (AvgIpc) is 2.19. The highest BCUT2D eigenvalue weighted by molar-refractivity contribution is 7.99. The van der Waals surface area contributed by atoms with Crippen molar-refractivity contribution >= 4 is 11.8 Å². The SMILES string of the molecule is CC1(CN2CCSCC2)CCCNC1. The van der Waals surface area contributed by atoms with Gasteiger partial charge in [-0.25, -0.2) is 0 Å². The molecule has 2 saturated heterocycles. The predicted molar refractivity (Wildman–Crippen MR) is 64.0 cm³/mol. The van der Waals surface area contributed by atoms with Crippen LogP contribution in [0.5, 0.6) is 0 Å². The monoisotopic (exact) mass is 214 g/mol. The van der Waals surface area contributed by atoms with Gasteiger partial charge in [0.25, 0.3) is 0 Å². The van der Waals surface area contributed by atoms with Gasteiger partial charge in [-0.2, -0.15) is 11.8 Å². The van der Waals surface area contributed by atoms with Crippen LogP contribution in [0, 0.1) is 5.41 Å². The van der Waals surface area contributed by atoms with Gasteiger partial charge in [0.05, 0.1) is 0 Å². The lowest BCUT2D eigenvalue weighted by molar-refractivity contribution is 0.141. The van der Waals surface area contributed by atoms with Crippen LogP contribution in [-0.2, 0) is 0 Å². The van der Waals surface area contributed by atoms with Gasteiger partial charge in [-0.3, -0.25) is 0 Å². The lowest BCUT2D eigenvalue weighted by atomic mass is 9.82.